The quantitative estimate of drug-likeness (QED) is 0.854. The molecule has 1 aliphatic carbocycles. The van der Waals surface area contributed by atoms with Crippen molar-refractivity contribution in [2.45, 2.75) is 64.7 Å². The number of hydrogen-bond acceptors (Lipinski definition) is 3. The van der Waals surface area contributed by atoms with Gasteiger partial charge in [0, 0.05) is 12.5 Å². The third-order valence-electron chi connectivity index (χ3n) is 3.78. The second kappa shape index (κ2) is 7.22. The molecule has 0 spiro atoms. The average molecular weight is 326 g/mol. The topological polar surface area (TPSA) is 37.8 Å². The Morgan fingerprint density at radius 1 is 1.16 bits per heavy atom. The van der Waals surface area contributed by atoms with E-state index < -0.39 is 0 Å². The summed E-state index contributed by atoms with van der Waals surface area (Å²) in [6, 6.07) is 0. The molecule has 1 heterocycles. The molecule has 1 N–H and O–H groups in total. The molecule has 106 valence electrons. The van der Waals surface area contributed by atoms with Gasteiger partial charge >= 0.3 is 0 Å². The zero-order valence-corrected chi connectivity index (χ0v) is 13.6. The van der Waals surface area contributed by atoms with Crippen LogP contribution in [-0.4, -0.2) is 16.5 Å². The highest BCUT2D eigenvalue weighted by Crippen LogP contribution is 2.33. The van der Waals surface area contributed by atoms with Crippen molar-refractivity contribution in [2.75, 3.05) is 11.9 Å². The lowest BCUT2D eigenvalue weighted by molar-refractivity contribution is 0.428. The van der Waals surface area contributed by atoms with E-state index in [4.69, 9.17) is 9.97 Å². The van der Waals surface area contributed by atoms with Crippen molar-refractivity contribution in [3.63, 3.8) is 0 Å². The minimum absolute atomic E-state index is 0.564. The van der Waals surface area contributed by atoms with Crippen LogP contribution in [0.2, 0.25) is 0 Å². The molecule has 1 saturated carbocycles. The zero-order chi connectivity index (χ0) is 13.7. The largest absolute Gasteiger partial charge is 0.369 e. The summed E-state index contributed by atoms with van der Waals surface area (Å²) in [6.07, 6.45) is 8.57. The van der Waals surface area contributed by atoms with Crippen molar-refractivity contribution >= 4 is 21.7 Å². The van der Waals surface area contributed by atoms with Gasteiger partial charge in [-0.2, -0.15) is 0 Å². The summed E-state index contributed by atoms with van der Waals surface area (Å²) >= 11 is 3.64. The van der Waals surface area contributed by atoms with Crippen LogP contribution in [0.3, 0.4) is 0 Å². The maximum absolute atomic E-state index is 4.79. The Balaban J connectivity index is 2.26. The summed E-state index contributed by atoms with van der Waals surface area (Å²) in [5.74, 6) is 2.60. The molecule has 1 aliphatic rings. The summed E-state index contributed by atoms with van der Waals surface area (Å²) in [5, 5.41) is 3.42. The minimum Gasteiger partial charge on any atom is -0.369 e. The fraction of sp³-hybridized carbons (Fsp3) is 0.733. The summed E-state index contributed by atoms with van der Waals surface area (Å²) in [6.45, 7) is 5.29. The Hall–Kier alpha value is -0.640. The molecule has 0 bridgehead atoms. The van der Waals surface area contributed by atoms with Crippen LogP contribution in [0.4, 0.5) is 5.82 Å². The number of aryl methyl sites for hydroxylation is 1. The smallest absolute Gasteiger partial charge is 0.144 e. The first-order valence-corrected chi connectivity index (χ1v) is 8.35. The average Bonchev–Trinajstić information content (AvgIpc) is 2.47. The van der Waals surface area contributed by atoms with Gasteiger partial charge in [0.25, 0.3) is 0 Å². The molecule has 0 saturated heterocycles. The number of halogens is 1. The predicted molar refractivity (Wildman–Crippen MR) is 83.7 cm³/mol. The molecule has 0 unspecified atom stereocenters. The summed E-state index contributed by atoms with van der Waals surface area (Å²) in [5.41, 5.74) is 1.13. The maximum Gasteiger partial charge on any atom is 0.144 e. The fourth-order valence-corrected chi connectivity index (χ4v) is 3.25. The first-order chi connectivity index (χ1) is 9.26. The van der Waals surface area contributed by atoms with Crippen molar-refractivity contribution in [3.8, 4) is 0 Å². The van der Waals surface area contributed by atoms with Crippen molar-refractivity contribution in [3.05, 3.63) is 16.0 Å². The molecule has 1 aromatic rings. The highest BCUT2D eigenvalue weighted by atomic mass is 79.9. The van der Waals surface area contributed by atoms with Gasteiger partial charge in [0.1, 0.15) is 11.6 Å². The van der Waals surface area contributed by atoms with Gasteiger partial charge in [-0.05, 0) is 41.6 Å². The lowest BCUT2D eigenvalue weighted by atomic mass is 9.88. The van der Waals surface area contributed by atoms with E-state index in [-0.39, 0.29) is 0 Å². The maximum atomic E-state index is 4.79. The van der Waals surface area contributed by atoms with Gasteiger partial charge in [-0.1, -0.05) is 33.1 Å². The van der Waals surface area contributed by atoms with Crippen molar-refractivity contribution in [1.29, 1.82) is 0 Å². The molecule has 4 heteroatoms. The highest BCUT2D eigenvalue weighted by Gasteiger charge is 2.20. The SMILES string of the molecule is CCCNc1nc(C2CCCCC2)nc(CC)c1Br. The lowest BCUT2D eigenvalue weighted by Gasteiger charge is -2.22. The first-order valence-electron chi connectivity index (χ1n) is 7.56. The van der Waals surface area contributed by atoms with Crippen molar-refractivity contribution in [2.24, 2.45) is 0 Å². The van der Waals surface area contributed by atoms with E-state index in [2.05, 4.69) is 35.1 Å². The molecule has 0 radical (unpaired) electrons. The van der Waals surface area contributed by atoms with Crippen molar-refractivity contribution in [1.82, 2.24) is 9.97 Å². The summed E-state index contributed by atoms with van der Waals surface area (Å²) < 4.78 is 1.04. The molecule has 0 amide bonds. The van der Waals surface area contributed by atoms with Gasteiger partial charge < -0.3 is 5.32 Å². The minimum atomic E-state index is 0.564. The van der Waals surface area contributed by atoms with Crippen molar-refractivity contribution < 1.29 is 0 Å². The van der Waals surface area contributed by atoms with E-state index >= 15 is 0 Å². The van der Waals surface area contributed by atoms with E-state index in [0.717, 1.165) is 41.2 Å². The van der Waals surface area contributed by atoms with Crippen LogP contribution >= 0.6 is 15.9 Å². The van der Waals surface area contributed by atoms with E-state index in [9.17, 15) is 0 Å². The zero-order valence-electron chi connectivity index (χ0n) is 12.0. The van der Waals surface area contributed by atoms with Crippen LogP contribution in [0, 0.1) is 0 Å². The van der Waals surface area contributed by atoms with Crippen LogP contribution < -0.4 is 5.32 Å². The molecule has 19 heavy (non-hydrogen) atoms. The van der Waals surface area contributed by atoms with E-state index in [0.29, 0.717) is 5.92 Å². The number of nitrogens with one attached hydrogen (secondary N) is 1. The number of nitrogens with zero attached hydrogens (tertiary/aromatic N) is 2. The monoisotopic (exact) mass is 325 g/mol. The summed E-state index contributed by atoms with van der Waals surface area (Å²) in [7, 11) is 0. The predicted octanol–water partition coefficient (Wildman–Crippen LogP) is 4.67. The molecule has 2 rings (SSSR count). The first kappa shape index (κ1) is 14.8. The molecular formula is C15H24BrN3. The van der Waals surface area contributed by atoms with Gasteiger partial charge in [-0.3, -0.25) is 0 Å². The molecular weight excluding hydrogens is 302 g/mol. The third-order valence-corrected chi connectivity index (χ3v) is 4.62. The standard InChI is InChI=1S/C15H24BrN3/c1-3-10-17-15-13(16)12(4-2)18-14(19-15)11-8-6-5-7-9-11/h11H,3-10H2,1-2H3,(H,17,18,19). The Labute approximate surface area is 124 Å². The van der Waals surface area contributed by atoms with E-state index in [1.54, 1.807) is 0 Å². The molecule has 0 atom stereocenters. The molecule has 1 aromatic heterocycles. The van der Waals surface area contributed by atoms with E-state index in [1.807, 2.05) is 0 Å². The van der Waals surface area contributed by atoms with Gasteiger partial charge in [0.2, 0.25) is 0 Å². The second-order valence-electron chi connectivity index (χ2n) is 5.31. The van der Waals surface area contributed by atoms with Crippen LogP contribution in [-0.2, 0) is 6.42 Å². The molecule has 3 nitrogen and oxygen atoms in total. The highest BCUT2D eigenvalue weighted by molar-refractivity contribution is 9.10. The number of aromatic nitrogens is 2. The molecule has 1 fully saturated rings. The number of rotatable bonds is 5. The van der Waals surface area contributed by atoms with Crippen LogP contribution in [0.25, 0.3) is 0 Å². The third kappa shape index (κ3) is 3.68. The lowest BCUT2D eigenvalue weighted by Crippen LogP contribution is -2.13. The van der Waals surface area contributed by atoms with E-state index in [1.165, 1.54) is 32.1 Å². The van der Waals surface area contributed by atoms with Gasteiger partial charge in [0.05, 0.1) is 10.2 Å². The normalized spacial score (nSPS) is 16.6. The number of anilines is 1. The van der Waals surface area contributed by atoms with Crippen LogP contribution in [0.5, 0.6) is 0 Å². The van der Waals surface area contributed by atoms with Gasteiger partial charge in [0.15, 0.2) is 0 Å². The number of hydrogen-bond donors (Lipinski definition) is 1. The molecule has 0 aromatic carbocycles. The molecule has 0 aliphatic heterocycles. The fourth-order valence-electron chi connectivity index (χ4n) is 2.65. The Bertz CT molecular complexity index is 414. The van der Waals surface area contributed by atoms with Crippen LogP contribution in [0.1, 0.15) is 69.8 Å². The van der Waals surface area contributed by atoms with Gasteiger partial charge in [-0.15, -0.1) is 0 Å². The Kier molecular flexibility index (Phi) is 5.61. The Morgan fingerprint density at radius 2 is 1.89 bits per heavy atom. The second-order valence-corrected chi connectivity index (χ2v) is 6.10. The van der Waals surface area contributed by atoms with Gasteiger partial charge in [-0.25, -0.2) is 9.97 Å². The van der Waals surface area contributed by atoms with Crippen LogP contribution in [0.15, 0.2) is 4.47 Å². The Morgan fingerprint density at radius 3 is 2.53 bits per heavy atom. The summed E-state index contributed by atoms with van der Waals surface area (Å²) in [4.78, 5) is 9.56.